The van der Waals surface area contributed by atoms with Crippen LogP contribution in [-0.4, -0.2) is 17.1 Å². The van der Waals surface area contributed by atoms with Crippen molar-refractivity contribution in [1.82, 2.24) is 5.01 Å². The fourth-order valence-corrected chi connectivity index (χ4v) is 1.76. The summed E-state index contributed by atoms with van der Waals surface area (Å²) in [5.41, 5.74) is 7.89. The van der Waals surface area contributed by atoms with Gasteiger partial charge in [0.05, 0.1) is 0 Å². The maximum absolute atomic E-state index is 5.35. The van der Waals surface area contributed by atoms with Gasteiger partial charge in [-0.2, -0.15) is 10.1 Å². The molecule has 0 saturated heterocycles. The molecule has 3 N–H and O–H groups in total. The van der Waals surface area contributed by atoms with Gasteiger partial charge in [0.1, 0.15) is 18.0 Å². The molecular weight excluding hydrogens is 250 g/mol. The molecular formula is C15H15N5. The Morgan fingerprint density at radius 3 is 2.75 bits per heavy atom. The van der Waals surface area contributed by atoms with Crippen LogP contribution in [0.5, 0.6) is 0 Å². The lowest BCUT2D eigenvalue weighted by Crippen LogP contribution is -2.25. The van der Waals surface area contributed by atoms with Crippen LogP contribution in [0.3, 0.4) is 0 Å². The largest absolute Gasteiger partial charge is 0.388 e. The van der Waals surface area contributed by atoms with Gasteiger partial charge in [0, 0.05) is 23.0 Å². The summed E-state index contributed by atoms with van der Waals surface area (Å²) in [5.74, 6) is 3.79. The zero-order valence-electron chi connectivity index (χ0n) is 11.2. The Bertz CT molecular complexity index is 644. The molecule has 20 heavy (non-hydrogen) atoms. The highest BCUT2D eigenvalue weighted by Gasteiger charge is 2.16. The number of aliphatic imine (C=N–C) groups is 1. The van der Waals surface area contributed by atoms with Crippen molar-refractivity contribution in [2.45, 2.75) is 6.92 Å². The lowest BCUT2D eigenvalue weighted by Gasteiger charge is -2.25. The minimum Gasteiger partial charge on any atom is -0.388 e. The van der Waals surface area contributed by atoms with Crippen LogP contribution in [-0.2, 0) is 0 Å². The van der Waals surface area contributed by atoms with Gasteiger partial charge in [-0.15, -0.1) is 6.42 Å². The fourth-order valence-electron chi connectivity index (χ4n) is 1.76. The van der Waals surface area contributed by atoms with E-state index in [9.17, 15) is 0 Å². The number of hydrazone groups is 1. The number of nitrogens with zero attached hydrogens (tertiary/aromatic N) is 3. The topological polar surface area (TPSA) is 66.0 Å². The average molecular weight is 265 g/mol. The minimum atomic E-state index is 0.495. The molecule has 0 saturated carbocycles. The monoisotopic (exact) mass is 265 g/mol. The Hall–Kier alpha value is -3.00. The SMILES string of the molecule is C#Cc1ccc(NC2=CC(C)=NC(=C)N2/N=C\N)cc1. The van der Waals surface area contributed by atoms with E-state index in [1.807, 2.05) is 37.3 Å². The number of rotatable bonds is 3. The highest BCUT2D eigenvalue weighted by Crippen LogP contribution is 2.21. The van der Waals surface area contributed by atoms with Gasteiger partial charge in [0.15, 0.2) is 0 Å². The molecule has 0 radical (unpaired) electrons. The fraction of sp³-hybridized carbons (Fsp3) is 0.0667. The van der Waals surface area contributed by atoms with Gasteiger partial charge in [-0.3, -0.25) is 0 Å². The van der Waals surface area contributed by atoms with E-state index in [2.05, 4.69) is 27.9 Å². The van der Waals surface area contributed by atoms with Gasteiger partial charge in [-0.25, -0.2) is 4.99 Å². The van der Waals surface area contributed by atoms with Crippen LogP contribution in [0, 0.1) is 12.3 Å². The van der Waals surface area contributed by atoms with Gasteiger partial charge in [0.2, 0.25) is 0 Å². The van der Waals surface area contributed by atoms with Crippen LogP contribution < -0.4 is 11.1 Å². The van der Waals surface area contributed by atoms with Crippen LogP contribution in [0.4, 0.5) is 5.69 Å². The molecule has 1 heterocycles. The summed E-state index contributed by atoms with van der Waals surface area (Å²) in [6.07, 6.45) is 8.38. The molecule has 0 aromatic heterocycles. The predicted molar refractivity (Wildman–Crippen MR) is 82.9 cm³/mol. The summed E-state index contributed by atoms with van der Waals surface area (Å²) in [4.78, 5) is 4.24. The third-order valence-electron chi connectivity index (χ3n) is 2.63. The molecule has 1 aromatic rings. The summed E-state index contributed by atoms with van der Waals surface area (Å²) in [5, 5.41) is 8.79. The van der Waals surface area contributed by atoms with Crippen molar-refractivity contribution in [2.24, 2.45) is 15.8 Å². The zero-order valence-corrected chi connectivity index (χ0v) is 11.2. The number of anilines is 1. The van der Waals surface area contributed by atoms with Crippen molar-refractivity contribution >= 4 is 17.7 Å². The number of terminal acetylenes is 1. The number of nitrogens with two attached hydrogens (primary N) is 1. The summed E-state index contributed by atoms with van der Waals surface area (Å²) < 4.78 is 0. The van der Waals surface area contributed by atoms with Gasteiger partial charge in [-0.1, -0.05) is 12.5 Å². The smallest absolute Gasteiger partial charge is 0.148 e. The van der Waals surface area contributed by atoms with Crippen molar-refractivity contribution in [3.8, 4) is 12.3 Å². The Labute approximate surface area is 118 Å². The molecule has 0 atom stereocenters. The summed E-state index contributed by atoms with van der Waals surface area (Å²) in [6, 6.07) is 7.50. The second-order valence-corrected chi connectivity index (χ2v) is 4.12. The van der Waals surface area contributed by atoms with Gasteiger partial charge >= 0.3 is 0 Å². The lowest BCUT2D eigenvalue weighted by molar-refractivity contribution is 0.455. The van der Waals surface area contributed by atoms with E-state index in [4.69, 9.17) is 12.2 Å². The first-order valence-electron chi connectivity index (χ1n) is 5.98. The zero-order chi connectivity index (χ0) is 14.5. The summed E-state index contributed by atoms with van der Waals surface area (Å²) in [6.45, 7) is 5.73. The molecule has 1 aliphatic heterocycles. The molecule has 0 spiro atoms. The molecule has 0 aliphatic carbocycles. The molecule has 5 heteroatoms. The number of hydrogen-bond donors (Lipinski definition) is 2. The van der Waals surface area contributed by atoms with Crippen molar-refractivity contribution in [2.75, 3.05) is 5.32 Å². The molecule has 100 valence electrons. The van der Waals surface area contributed by atoms with Crippen molar-refractivity contribution in [3.63, 3.8) is 0 Å². The number of benzene rings is 1. The van der Waals surface area contributed by atoms with Gasteiger partial charge < -0.3 is 11.1 Å². The van der Waals surface area contributed by atoms with Crippen LogP contribution in [0.1, 0.15) is 12.5 Å². The first-order valence-corrected chi connectivity index (χ1v) is 5.98. The molecule has 0 bridgehead atoms. The van der Waals surface area contributed by atoms with E-state index in [0.717, 1.165) is 22.8 Å². The third-order valence-corrected chi connectivity index (χ3v) is 2.63. The lowest BCUT2D eigenvalue weighted by atomic mass is 10.2. The minimum absolute atomic E-state index is 0.495. The second kappa shape index (κ2) is 5.76. The van der Waals surface area contributed by atoms with Crippen molar-refractivity contribution < 1.29 is 0 Å². The third kappa shape index (κ3) is 2.87. The molecule has 0 fully saturated rings. The molecule has 1 aliphatic rings. The van der Waals surface area contributed by atoms with Crippen LogP contribution >= 0.6 is 0 Å². The van der Waals surface area contributed by atoms with Crippen molar-refractivity contribution in [1.29, 1.82) is 0 Å². The first kappa shape index (κ1) is 13.4. The first-order chi connectivity index (χ1) is 9.63. The normalized spacial score (nSPS) is 14.8. The number of allylic oxidation sites excluding steroid dienone is 1. The summed E-state index contributed by atoms with van der Waals surface area (Å²) >= 11 is 0. The average Bonchev–Trinajstić information content (AvgIpc) is 2.43. The van der Waals surface area contributed by atoms with E-state index in [1.54, 1.807) is 0 Å². The Balaban J connectivity index is 2.26. The van der Waals surface area contributed by atoms with Crippen LogP contribution in [0.15, 0.2) is 58.7 Å². The van der Waals surface area contributed by atoms with E-state index in [0.29, 0.717) is 5.82 Å². The standard InChI is InChI=1S/C15H15N5/c1-4-13-5-7-14(8-6-13)19-15-9-11(2)18-12(3)20(15)17-10-16/h1,5-10,19H,3H2,2H3,(H2,16,17). The van der Waals surface area contributed by atoms with E-state index >= 15 is 0 Å². The quantitative estimate of drug-likeness (QED) is 0.499. The van der Waals surface area contributed by atoms with Crippen LogP contribution in [0.2, 0.25) is 0 Å². The molecule has 2 rings (SSSR count). The highest BCUT2D eigenvalue weighted by molar-refractivity contribution is 5.95. The van der Waals surface area contributed by atoms with Gasteiger partial charge in [-0.05, 0) is 31.2 Å². The predicted octanol–water partition coefficient (Wildman–Crippen LogP) is 2.07. The van der Waals surface area contributed by atoms with E-state index < -0.39 is 0 Å². The Morgan fingerprint density at radius 1 is 1.45 bits per heavy atom. The molecule has 5 nitrogen and oxygen atoms in total. The maximum atomic E-state index is 5.35. The Kier molecular flexibility index (Phi) is 3.87. The maximum Gasteiger partial charge on any atom is 0.148 e. The van der Waals surface area contributed by atoms with E-state index in [1.165, 1.54) is 11.3 Å². The highest BCUT2D eigenvalue weighted by atomic mass is 15.5. The molecule has 0 unspecified atom stereocenters. The van der Waals surface area contributed by atoms with Gasteiger partial charge in [0.25, 0.3) is 0 Å². The number of hydrogen-bond acceptors (Lipinski definition) is 4. The number of nitrogens with one attached hydrogen (secondary N) is 1. The molecule has 1 aromatic carbocycles. The van der Waals surface area contributed by atoms with Crippen LogP contribution in [0.25, 0.3) is 0 Å². The Morgan fingerprint density at radius 2 is 2.15 bits per heavy atom. The second-order valence-electron chi connectivity index (χ2n) is 4.12. The van der Waals surface area contributed by atoms with E-state index in [-0.39, 0.29) is 0 Å². The summed E-state index contributed by atoms with van der Waals surface area (Å²) in [7, 11) is 0. The molecule has 0 amide bonds. The van der Waals surface area contributed by atoms with Crippen molar-refractivity contribution in [3.05, 3.63) is 54.1 Å².